The Morgan fingerprint density at radius 3 is 3.08 bits per heavy atom. The van der Waals surface area contributed by atoms with Gasteiger partial charge in [-0.05, 0) is 12.0 Å². The van der Waals surface area contributed by atoms with Crippen molar-refractivity contribution in [3.63, 3.8) is 0 Å². The van der Waals surface area contributed by atoms with Gasteiger partial charge in [-0.2, -0.15) is 0 Å². The molecule has 74 valence electrons. The number of ether oxygens (including phenoxy) is 2. The second-order valence-electron chi connectivity index (χ2n) is 2.92. The Hall–Kier alpha value is -0.810. The maximum atomic E-state index is 8.90. The van der Waals surface area contributed by atoms with Gasteiger partial charge < -0.3 is 14.6 Å². The molecule has 6 heteroatoms. The lowest BCUT2D eigenvalue weighted by Crippen LogP contribution is -2.43. The van der Waals surface area contributed by atoms with Crippen LogP contribution in [-0.2, 0) is 9.47 Å². The summed E-state index contributed by atoms with van der Waals surface area (Å²) in [6, 6.07) is -0.183. The lowest BCUT2D eigenvalue weighted by molar-refractivity contribution is -0.115. The van der Waals surface area contributed by atoms with E-state index in [9.17, 15) is 0 Å². The quantitative estimate of drug-likeness (QED) is 0.395. The summed E-state index contributed by atoms with van der Waals surface area (Å²) in [5.74, 6) is 0. The summed E-state index contributed by atoms with van der Waals surface area (Å²) in [5.41, 5.74) is 8.21. The Balaban J connectivity index is 2.51. The van der Waals surface area contributed by atoms with E-state index in [1.54, 1.807) is 7.11 Å². The van der Waals surface area contributed by atoms with Crippen molar-refractivity contribution in [3.8, 4) is 0 Å². The van der Waals surface area contributed by atoms with Crippen LogP contribution in [0.4, 0.5) is 0 Å². The lowest BCUT2D eigenvalue weighted by Gasteiger charge is -2.32. The van der Waals surface area contributed by atoms with E-state index in [2.05, 4.69) is 10.0 Å². The summed E-state index contributed by atoms with van der Waals surface area (Å²) in [7, 11) is 1.55. The van der Waals surface area contributed by atoms with Gasteiger partial charge in [-0.15, -0.1) is 0 Å². The fourth-order valence-corrected chi connectivity index (χ4v) is 1.40. The van der Waals surface area contributed by atoms with Crippen molar-refractivity contribution in [1.82, 2.24) is 0 Å². The molecule has 6 nitrogen and oxygen atoms in total. The third-order valence-corrected chi connectivity index (χ3v) is 2.12. The van der Waals surface area contributed by atoms with E-state index in [1.165, 1.54) is 0 Å². The van der Waals surface area contributed by atoms with Crippen molar-refractivity contribution >= 4 is 0 Å². The van der Waals surface area contributed by atoms with Crippen LogP contribution in [0.3, 0.4) is 0 Å². The van der Waals surface area contributed by atoms with Crippen LogP contribution >= 0.6 is 0 Å². The number of methoxy groups -OCH3 is 1. The predicted octanol–water partition coefficient (Wildman–Crippen LogP) is 0.461. The maximum absolute atomic E-state index is 8.90. The Morgan fingerprint density at radius 2 is 2.54 bits per heavy atom. The van der Waals surface area contributed by atoms with Crippen molar-refractivity contribution in [2.45, 2.75) is 24.7 Å². The minimum Gasteiger partial charge on any atom is -0.394 e. The molecule has 3 atom stereocenters. The molecule has 0 radical (unpaired) electrons. The van der Waals surface area contributed by atoms with Crippen LogP contribution in [0.1, 0.15) is 6.42 Å². The molecule has 0 aromatic carbocycles. The average Bonchev–Trinajstić information content (AvgIpc) is 2.18. The first kappa shape index (κ1) is 10.3. The zero-order valence-electron chi connectivity index (χ0n) is 7.46. The molecule has 0 saturated carbocycles. The van der Waals surface area contributed by atoms with Crippen LogP contribution < -0.4 is 0 Å². The first-order chi connectivity index (χ1) is 6.31. The second-order valence-corrected chi connectivity index (χ2v) is 2.92. The molecule has 0 bridgehead atoms. The molecule has 1 unspecified atom stereocenters. The van der Waals surface area contributed by atoms with E-state index >= 15 is 0 Å². The highest BCUT2D eigenvalue weighted by Gasteiger charge is 2.30. The fraction of sp³-hybridized carbons (Fsp3) is 1.00. The minimum atomic E-state index is -0.296. The molecule has 1 N–H and O–H groups in total. The van der Waals surface area contributed by atoms with Gasteiger partial charge in [-0.25, -0.2) is 0 Å². The van der Waals surface area contributed by atoms with Gasteiger partial charge in [0.15, 0.2) is 0 Å². The molecular formula is C7H13N3O3. The second kappa shape index (κ2) is 5.04. The van der Waals surface area contributed by atoms with Gasteiger partial charge in [0.2, 0.25) is 0 Å². The summed E-state index contributed by atoms with van der Waals surface area (Å²) in [4.78, 5) is 2.71. The van der Waals surface area contributed by atoms with Crippen molar-refractivity contribution in [2.75, 3.05) is 20.3 Å². The fourth-order valence-electron chi connectivity index (χ4n) is 1.40. The Morgan fingerprint density at radius 1 is 1.77 bits per heavy atom. The number of hydrogen-bond acceptors (Lipinski definition) is 4. The van der Waals surface area contributed by atoms with Gasteiger partial charge in [0.25, 0.3) is 0 Å². The van der Waals surface area contributed by atoms with Crippen LogP contribution in [0, 0.1) is 0 Å². The van der Waals surface area contributed by atoms with E-state index in [0.717, 1.165) is 0 Å². The van der Waals surface area contributed by atoms with Gasteiger partial charge in [0.1, 0.15) is 6.10 Å². The third kappa shape index (κ3) is 2.57. The van der Waals surface area contributed by atoms with E-state index in [4.69, 9.17) is 20.1 Å². The molecule has 1 aliphatic rings. The molecule has 13 heavy (non-hydrogen) atoms. The number of aliphatic hydroxyl groups is 1. The number of nitrogens with zero attached hydrogens (tertiary/aromatic N) is 3. The number of azide groups is 1. The highest BCUT2D eigenvalue weighted by molar-refractivity contribution is 4.83. The molecular weight excluding hydrogens is 174 g/mol. The minimum absolute atomic E-state index is 0.0680. The highest BCUT2D eigenvalue weighted by atomic mass is 16.5. The van der Waals surface area contributed by atoms with Crippen LogP contribution in [0.2, 0.25) is 0 Å². The normalized spacial score (nSPS) is 33.8. The summed E-state index contributed by atoms with van der Waals surface area (Å²) in [6.07, 6.45) is 0.121. The monoisotopic (exact) mass is 187 g/mol. The van der Waals surface area contributed by atoms with Crippen LogP contribution in [0.15, 0.2) is 5.11 Å². The zero-order chi connectivity index (χ0) is 9.68. The number of aliphatic hydroxyl groups excluding tert-OH is 1. The first-order valence-corrected chi connectivity index (χ1v) is 4.11. The zero-order valence-corrected chi connectivity index (χ0v) is 7.46. The Kier molecular flexibility index (Phi) is 3.98. The molecule has 1 rings (SSSR count). The largest absolute Gasteiger partial charge is 0.394 e. The first-order valence-electron chi connectivity index (χ1n) is 4.11. The number of hydrogen-bond donors (Lipinski definition) is 1. The van der Waals surface area contributed by atoms with Gasteiger partial charge in [0.05, 0.1) is 25.4 Å². The Labute approximate surface area is 76.1 Å². The topological polar surface area (TPSA) is 87.5 Å². The molecule has 1 heterocycles. The molecule has 0 aliphatic carbocycles. The predicted molar refractivity (Wildman–Crippen MR) is 45.2 cm³/mol. The van der Waals surface area contributed by atoms with Gasteiger partial charge in [0, 0.05) is 12.0 Å². The Bertz CT molecular complexity index is 205. The molecule has 0 spiro atoms. The standard InChI is InChI=1S/C7H13N3O3/c1-12-6-2-5(9-10-8)4-13-7(6)3-11/h5-7,11H,2-4H2,1H3/t5?,6-,7+/m0/s1. The molecule has 1 saturated heterocycles. The molecule has 0 aromatic heterocycles. The summed E-state index contributed by atoms with van der Waals surface area (Å²) in [5, 5.41) is 12.4. The molecule has 0 amide bonds. The summed E-state index contributed by atoms with van der Waals surface area (Å²) in [6.45, 7) is 0.288. The van der Waals surface area contributed by atoms with Crippen molar-refractivity contribution in [2.24, 2.45) is 5.11 Å². The lowest BCUT2D eigenvalue weighted by atomic mass is 10.0. The van der Waals surface area contributed by atoms with Crippen LogP contribution in [-0.4, -0.2) is 43.7 Å². The van der Waals surface area contributed by atoms with E-state index in [1.807, 2.05) is 0 Å². The maximum Gasteiger partial charge on any atom is 0.107 e. The van der Waals surface area contributed by atoms with Gasteiger partial charge in [-0.3, -0.25) is 0 Å². The smallest absolute Gasteiger partial charge is 0.107 e. The van der Waals surface area contributed by atoms with E-state index in [0.29, 0.717) is 13.0 Å². The van der Waals surface area contributed by atoms with Crippen molar-refractivity contribution < 1.29 is 14.6 Å². The average molecular weight is 187 g/mol. The molecule has 1 aliphatic heterocycles. The van der Waals surface area contributed by atoms with E-state index < -0.39 is 0 Å². The third-order valence-electron chi connectivity index (χ3n) is 2.12. The van der Waals surface area contributed by atoms with Crippen molar-refractivity contribution in [1.29, 1.82) is 0 Å². The van der Waals surface area contributed by atoms with Crippen LogP contribution in [0.25, 0.3) is 10.4 Å². The summed E-state index contributed by atoms with van der Waals surface area (Å²) < 4.78 is 10.4. The van der Waals surface area contributed by atoms with Gasteiger partial charge in [-0.1, -0.05) is 5.11 Å². The molecule has 1 fully saturated rings. The SMILES string of the molecule is CO[C@H]1CC(N=[N+]=[N-])CO[C@@H]1CO. The highest BCUT2D eigenvalue weighted by Crippen LogP contribution is 2.19. The molecule has 0 aromatic rings. The number of rotatable bonds is 3. The van der Waals surface area contributed by atoms with E-state index in [-0.39, 0.29) is 24.9 Å². The van der Waals surface area contributed by atoms with Crippen LogP contribution in [0.5, 0.6) is 0 Å². The summed E-state index contributed by atoms with van der Waals surface area (Å²) >= 11 is 0. The van der Waals surface area contributed by atoms with Crippen molar-refractivity contribution in [3.05, 3.63) is 10.4 Å². The van der Waals surface area contributed by atoms with Gasteiger partial charge >= 0.3 is 0 Å².